The standard InChI is InChI=1S/C21H22ClN3O3S/c1-3-25-20-13-17(28-2)8-9-18(20)19(14-23)21(25)15-6-4-7-16(12-15)24-29(26,27)11-5-10-22/h4,6-9,12-13,24H,3,5,10-11H2,1-2H3. The van der Waals surface area contributed by atoms with Crippen LogP contribution in [0.25, 0.3) is 22.2 Å². The van der Waals surface area contributed by atoms with Gasteiger partial charge in [0.2, 0.25) is 10.0 Å². The van der Waals surface area contributed by atoms with Crippen molar-refractivity contribution in [2.45, 2.75) is 19.9 Å². The Bertz CT molecular complexity index is 1180. The Hall–Kier alpha value is -2.69. The maximum atomic E-state index is 12.2. The van der Waals surface area contributed by atoms with Gasteiger partial charge in [0.05, 0.1) is 29.6 Å². The third kappa shape index (κ3) is 4.34. The lowest BCUT2D eigenvalue weighted by molar-refractivity contribution is 0.415. The minimum atomic E-state index is -3.48. The van der Waals surface area contributed by atoms with Gasteiger partial charge in [-0.15, -0.1) is 11.6 Å². The van der Waals surface area contributed by atoms with Crippen molar-refractivity contribution in [3.63, 3.8) is 0 Å². The summed E-state index contributed by atoms with van der Waals surface area (Å²) < 4.78 is 34.4. The number of aromatic nitrogens is 1. The van der Waals surface area contributed by atoms with Crippen LogP contribution in [0.15, 0.2) is 42.5 Å². The van der Waals surface area contributed by atoms with E-state index >= 15 is 0 Å². The zero-order chi connectivity index (χ0) is 21.0. The first kappa shape index (κ1) is 21.0. The number of halogens is 1. The first-order valence-electron chi connectivity index (χ1n) is 9.21. The number of rotatable bonds is 8. The third-order valence-corrected chi connectivity index (χ3v) is 6.30. The molecule has 0 fully saturated rings. The molecular weight excluding hydrogens is 410 g/mol. The van der Waals surface area contributed by atoms with Crippen LogP contribution in [0.3, 0.4) is 0 Å². The fourth-order valence-electron chi connectivity index (χ4n) is 3.40. The molecule has 0 aliphatic heterocycles. The monoisotopic (exact) mass is 431 g/mol. The van der Waals surface area contributed by atoms with Crippen molar-refractivity contribution >= 4 is 38.2 Å². The average Bonchev–Trinajstić information content (AvgIpc) is 3.04. The van der Waals surface area contributed by atoms with E-state index in [1.165, 1.54) is 0 Å². The first-order valence-corrected chi connectivity index (χ1v) is 11.4. The predicted molar refractivity (Wildman–Crippen MR) is 117 cm³/mol. The van der Waals surface area contributed by atoms with Gasteiger partial charge in [-0.25, -0.2) is 8.42 Å². The molecule has 0 unspecified atom stereocenters. The largest absolute Gasteiger partial charge is 0.497 e. The zero-order valence-electron chi connectivity index (χ0n) is 16.3. The molecule has 0 saturated carbocycles. The SMILES string of the molecule is CCn1c(-c2cccc(NS(=O)(=O)CCCCl)c2)c(C#N)c2ccc(OC)cc21. The van der Waals surface area contributed by atoms with Crippen LogP contribution in [-0.2, 0) is 16.6 Å². The van der Waals surface area contributed by atoms with Crippen molar-refractivity contribution in [1.29, 1.82) is 5.26 Å². The number of methoxy groups -OCH3 is 1. The number of hydrogen-bond acceptors (Lipinski definition) is 4. The second-order valence-electron chi connectivity index (χ2n) is 6.51. The van der Waals surface area contributed by atoms with Crippen molar-refractivity contribution in [3.05, 3.63) is 48.0 Å². The molecule has 0 amide bonds. The summed E-state index contributed by atoms with van der Waals surface area (Å²) in [7, 11) is -1.88. The van der Waals surface area contributed by atoms with Gasteiger partial charge in [-0.05, 0) is 37.6 Å². The van der Waals surface area contributed by atoms with Gasteiger partial charge in [-0.1, -0.05) is 12.1 Å². The van der Waals surface area contributed by atoms with Crippen LogP contribution in [0.4, 0.5) is 5.69 Å². The number of nitrogens with zero attached hydrogens (tertiary/aromatic N) is 2. The molecule has 8 heteroatoms. The van der Waals surface area contributed by atoms with Crippen molar-refractivity contribution in [3.8, 4) is 23.1 Å². The number of ether oxygens (including phenoxy) is 1. The van der Waals surface area contributed by atoms with E-state index in [9.17, 15) is 13.7 Å². The number of benzene rings is 2. The third-order valence-electron chi connectivity index (χ3n) is 4.66. The first-order chi connectivity index (χ1) is 13.9. The van der Waals surface area contributed by atoms with E-state index in [1.54, 1.807) is 25.3 Å². The Balaban J connectivity index is 2.13. The summed E-state index contributed by atoms with van der Waals surface area (Å²) in [5.74, 6) is 0.952. The summed E-state index contributed by atoms with van der Waals surface area (Å²) in [5.41, 5.74) is 3.40. The number of sulfonamides is 1. The molecule has 0 saturated heterocycles. The fourth-order valence-corrected chi connectivity index (χ4v) is 4.81. The lowest BCUT2D eigenvalue weighted by Crippen LogP contribution is -2.17. The summed E-state index contributed by atoms with van der Waals surface area (Å²) >= 11 is 5.61. The van der Waals surface area contributed by atoms with Crippen LogP contribution in [0.1, 0.15) is 18.9 Å². The highest BCUT2D eigenvalue weighted by atomic mass is 35.5. The molecule has 1 N–H and O–H groups in total. The minimum absolute atomic E-state index is 0.0425. The lowest BCUT2D eigenvalue weighted by atomic mass is 10.1. The van der Waals surface area contributed by atoms with E-state index in [0.29, 0.717) is 30.0 Å². The van der Waals surface area contributed by atoms with E-state index in [1.807, 2.05) is 35.8 Å². The molecule has 6 nitrogen and oxygen atoms in total. The van der Waals surface area contributed by atoms with Crippen LogP contribution in [-0.4, -0.2) is 31.7 Å². The number of alkyl halides is 1. The second kappa shape index (κ2) is 8.76. The van der Waals surface area contributed by atoms with E-state index < -0.39 is 10.0 Å². The molecule has 0 atom stereocenters. The maximum absolute atomic E-state index is 12.2. The molecule has 1 aromatic heterocycles. The Kier molecular flexibility index (Phi) is 6.36. The van der Waals surface area contributed by atoms with Crippen LogP contribution in [0.2, 0.25) is 0 Å². The highest BCUT2D eigenvalue weighted by molar-refractivity contribution is 7.92. The molecule has 0 spiro atoms. The molecule has 3 rings (SSSR count). The van der Waals surface area contributed by atoms with Crippen molar-refractivity contribution in [2.24, 2.45) is 0 Å². The van der Waals surface area contributed by atoms with E-state index in [-0.39, 0.29) is 11.6 Å². The normalized spacial score (nSPS) is 11.4. The predicted octanol–water partition coefficient (Wildman–Crippen LogP) is 4.58. The number of hydrogen-bond donors (Lipinski definition) is 1. The Labute approximate surface area is 175 Å². The molecule has 0 bridgehead atoms. The van der Waals surface area contributed by atoms with Crippen molar-refractivity contribution in [2.75, 3.05) is 23.5 Å². The van der Waals surface area contributed by atoms with E-state index in [0.717, 1.165) is 22.2 Å². The van der Waals surface area contributed by atoms with Gasteiger partial charge >= 0.3 is 0 Å². The highest BCUT2D eigenvalue weighted by Gasteiger charge is 2.19. The highest BCUT2D eigenvalue weighted by Crippen LogP contribution is 2.36. The molecule has 152 valence electrons. The summed E-state index contributed by atoms with van der Waals surface area (Å²) in [4.78, 5) is 0. The molecule has 2 aromatic carbocycles. The van der Waals surface area contributed by atoms with Crippen molar-refractivity contribution in [1.82, 2.24) is 4.57 Å². The van der Waals surface area contributed by atoms with Gasteiger partial charge in [0.25, 0.3) is 0 Å². The molecular formula is C21H22ClN3O3S. The van der Waals surface area contributed by atoms with Gasteiger partial charge in [0.15, 0.2) is 0 Å². The summed E-state index contributed by atoms with van der Waals surface area (Å²) in [6, 6.07) is 15.0. The summed E-state index contributed by atoms with van der Waals surface area (Å²) in [6.07, 6.45) is 0.376. The van der Waals surface area contributed by atoms with Crippen LogP contribution in [0, 0.1) is 11.3 Å². The number of fused-ring (bicyclic) bond motifs is 1. The van der Waals surface area contributed by atoms with Gasteiger partial charge in [0, 0.05) is 35.1 Å². The number of anilines is 1. The Morgan fingerprint density at radius 2 is 2.03 bits per heavy atom. The van der Waals surface area contributed by atoms with Gasteiger partial charge in [0.1, 0.15) is 11.8 Å². The molecule has 1 heterocycles. The van der Waals surface area contributed by atoms with Crippen molar-refractivity contribution < 1.29 is 13.2 Å². The van der Waals surface area contributed by atoms with Crippen LogP contribution < -0.4 is 9.46 Å². The van der Waals surface area contributed by atoms with E-state index in [2.05, 4.69) is 10.8 Å². The number of nitriles is 1. The lowest BCUT2D eigenvalue weighted by Gasteiger charge is -2.12. The van der Waals surface area contributed by atoms with Crippen LogP contribution in [0.5, 0.6) is 5.75 Å². The minimum Gasteiger partial charge on any atom is -0.497 e. The van der Waals surface area contributed by atoms with Gasteiger partial charge in [-0.2, -0.15) is 5.26 Å². The van der Waals surface area contributed by atoms with Gasteiger partial charge in [-0.3, -0.25) is 4.72 Å². The number of nitrogens with one attached hydrogen (secondary N) is 1. The fraction of sp³-hybridized carbons (Fsp3) is 0.286. The summed E-state index contributed by atoms with van der Waals surface area (Å²) in [6.45, 7) is 2.65. The van der Waals surface area contributed by atoms with Crippen LogP contribution >= 0.6 is 11.6 Å². The smallest absolute Gasteiger partial charge is 0.232 e. The summed E-state index contributed by atoms with van der Waals surface area (Å²) in [5, 5.41) is 10.7. The zero-order valence-corrected chi connectivity index (χ0v) is 17.8. The molecule has 3 aromatic rings. The average molecular weight is 432 g/mol. The van der Waals surface area contributed by atoms with Gasteiger partial charge < -0.3 is 9.30 Å². The maximum Gasteiger partial charge on any atom is 0.232 e. The molecule has 29 heavy (non-hydrogen) atoms. The topological polar surface area (TPSA) is 84.1 Å². The second-order valence-corrected chi connectivity index (χ2v) is 8.73. The molecule has 0 aliphatic rings. The Morgan fingerprint density at radius 3 is 2.69 bits per heavy atom. The van der Waals surface area contributed by atoms with E-state index in [4.69, 9.17) is 16.3 Å². The quantitative estimate of drug-likeness (QED) is 0.529. The molecule has 0 radical (unpaired) electrons. The molecule has 0 aliphatic carbocycles. The number of aryl methyl sites for hydroxylation is 1. The Morgan fingerprint density at radius 1 is 1.24 bits per heavy atom.